The van der Waals surface area contributed by atoms with Gasteiger partial charge in [-0.05, 0) is 6.92 Å². The van der Waals surface area contributed by atoms with E-state index in [2.05, 4.69) is 10.1 Å². The van der Waals surface area contributed by atoms with E-state index >= 15 is 0 Å². The summed E-state index contributed by atoms with van der Waals surface area (Å²) in [5.41, 5.74) is 0. The van der Waals surface area contributed by atoms with E-state index in [9.17, 15) is 18.0 Å². The minimum Gasteiger partial charge on any atom is -0.466 e. The first kappa shape index (κ1) is 12.8. The van der Waals surface area contributed by atoms with Gasteiger partial charge < -0.3 is 10.1 Å². The number of hydrogen-bond acceptors (Lipinski definition) is 3. The molecule has 0 heterocycles. The van der Waals surface area contributed by atoms with Crippen molar-refractivity contribution in [3.8, 4) is 0 Å². The van der Waals surface area contributed by atoms with Crippen LogP contribution < -0.4 is 5.32 Å². The lowest BCUT2D eigenvalue weighted by atomic mass is 10.2. The molecule has 0 aliphatic rings. The topological polar surface area (TPSA) is 38.3 Å². The molecular formula is C8H12F3NO2. The molecule has 0 aliphatic carbocycles. The fraction of sp³-hybridized carbons (Fsp3) is 0.625. The van der Waals surface area contributed by atoms with Crippen molar-refractivity contribution in [2.45, 2.75) is 25.6 Å². The molecule has 0 aromatic heterocycles. The maximum atomic E-state index is 11.8. The molecule has 1 unspecified atom stereocenters. The zero-order valence-corrected chi connectivity index (χ0v) is 7.89. The number of carbonyl (C=O) groups is 1. The SMILES string of the molecule is COC(=O)/C=C/NC(C)CC(F)(F)F. The molecule has 14 heavy (non-hydrogen) atoms. The van der Waals surface area contributed by atoms with Crippen molar-refractivity contribution in [2.24, 2.45) is 0 Å². The lowest BCUT2D eigenvalue weighted by Crippen LogP contribution is -2.27. The molecular weight excluding hydrogens is 199 g/mol. The highest BCUT2D eigenvalue weighted by Crippen LogP contribution is 2.21. The Bertz CT molecular complexity index is 213. The van der Waals surface area contributed by atoms with Crippen molar-refractivity contribution in [1.29, 1.82) is 0 Å². The molecule has 6 heteroatoms. The summed E-state index contributed by atoms with van der Waals surface area (Å²) >= 11 is 0. The predicted molar refractivity (Wildman–Crippen MR) is 44.4 cm³/mol. The predicted octanol–water partition coefficient (Wildman–Crippen LogP) is 1.60. The van der Waals surface area contributed by atoms with Gasteiger partial charge in [0, 0.05) is 18.3 Å². The Hall–Kier alpha value is -1.20. The number of carbonyl (C=O) groups excluding carboxylic acids is 1. The largest absolute Gasteiger partial charge is 0.466 e. The van der Waals surface area contributed by atoms with Crippen LogP contribution >= 0.6 is 0 Å². The van der Waals surface area contributed by atoms with Gasteiger partial charge in [0.05, 0.1) is 13.5 Å². The molecule has 0 bridgehead atoms. The van der Waals surface area contributed by atoms with Crippen LogP contribution in [0.2, 0.25) is 0 Å². The van der Waals surface area contributed by atoms with Gasteiger partial charge in [0.1, 0.15) is 0 Å². The minimum atomic E-state index is -4.20. The minimum absolute atomic E-state index is 0.614. The van der Waals surface area contributed by atoms with Crippen molar-refractivity contribution in [3.05, 3.63) is 12.3 Å². The maximum absolute atomic E-state index is 11.8. The molecule has 0 spiro atoms. The second kappa shape index (κ2) is 5.51. The average Bonchev–Trinajstić information content (AvgIpc) is 2.00. The Balaban J connectivity index is 3.80. The van der Waals surface area contributed by atoms with Crippen molar-refractivity contribution < 1.29 is 22.7 Å². The molecule has 0 aromatic rings. The van der Waals surface area contributed by atoms with Crippen LogP contribution in [-0.4, -0.2) is 25.3 Å². The lowest BCUT2D eigenvalue weighted by molar-refractivity contribution is -0.138. The van der Waals surface area contributed by atoms with E-state index in [1.165, 1.54) is 14.0 Å². The van der Waals surface area contributed by atoms with Crippen molar-refractivity contribution in [1.82, 2.24) is 5.32 Å². The van der Waals surface area contributed by atoms with Crippen LogP contribution in [0.4, 0.5) is 13.2 Å². The molecule has 0 saturated heterocycles. The van der Waals surface area contributed by atoms with Crippen molar-refractivity contribution in [3.63, 3.8) is 0 Å². The number of alkyl halides is 3. The second-order valence-electron chi connectivity index (χ2n) is 2.74. The van der Waals surface area contributed by atoms with Gasteiger partial charge in [-0.1, -0.05) is 0 Å². The van der Waals surface area contributed by atoms with Gasteiger partial charge in [-0.25, -0.2) is 4.79 Å². The number of esters is 1. The van der Waals surface area contributed by atoms with Gasteiger partial charge >= 0.3 is 12.1 Å². The highest BCUT2D eigenvalue weighted by Gasteiger charge is 2.29. The number of methoxy groups -OCH3 is 1. The zero-order chi connectivity index (χ0) is 11.2. The molecule has 0 saturated carbocycles. The summed E-state index contributed by atoms with van der Waals surface area (Å²) in [4.78, 5) is 10.5. The normalized spacial score (nSPS) is 14.1. The Morgan fingerprint density at radius 2 is 2.14 bits per heavy atom. The highest BCUT2D eigenvalue weighted by molar-refractivity contribution is 5.81. The molecule has 1 atom stereocenters. The first-order valence-corrected chi connectivity index (χ1v) is 3.92. The molecule has 0 fully saturated rings. The van der Waals surface area contributed by atoms with Crippen LogP contribution in [0, 0.1) is 0 Å². The van der Waals surface area contributed by atoms with Gasteiger partial charge in [0.2, 0.25) is 0 Å². The highest BCUT2D eigenvalue weighted by atomic mass is 19.4. The fourth-order valence-electron chi connectivity index (χ4n) is 0.755. The smallest absolute Gasteiger partial charge is 0.391 e. The van der Waals surface area contributed by atoms with Crippen LogP contribution in [0.15, 0.2) is 12.3 Å². The van der Waals surface area contributed by atoms with Gasteiger partial charge in [0.25, 0.3) is 0 Å². The van der Waals surface area contributed by atoms with Crippen LogP contribution in [-0.2, 0) is 9.53 Å². The van der Waals surface area contributed by atoms with Gasteiger partial charge in [-0.15, -0.1) is 0 Å². The third-order valence-electron chi connectivity index (χ3n) is 1.34. The maximum Gasteiger partial charge on any atom is 0.391 e. The summed E-state index contributed by atoms with van der Waals surface area (Å²) in [6.45, 7) is 1.37. The number of nitrogens with one attached hydrogen (secondary N) is 1. The number of ether oxygens (including phenoxy) is 1. The number of halogens is 3. The summed E-state index contributed by atoms with van der Waals surface area (Å²) in [7, 11) is 1.19. The van der Waals surface area contributed by atoms with Gasteiger partial charge in [0.15, 0.2) is 0 Å². The Morgan fingerprint density at radius 1 is 1.57 bits per heavy atom. The van der Waals surface area contributed by atoms with Gasteiger partial charge in [-0.3, -0.25) is 0 Å². The molecule has 0 aromatic carbocycles. The monoisotopic (exact) mass is 211 g/mol. The molecule has 0 aliphatic heterocycles. The lowest BCUT2D eigenvalue weighted by Gasteiger charge is -2.13. The van der Waals surface area contributed by atoms with E-state index in [-0.39, 0.29) is 0 Å². The summed E-state index contributed by atoms with van der Waals surface area (Å²) in [5.74, 6) is -0.614. The van der Waals surface area contributed by atoms with Crippen molar-refractivity contribution in [2.75, 3.05) is 7.11 Å². The van der Waals surface area contributed by atoms with E-state index in [1.807, 2.05) is 0 Å². The first-order chi connectivity index (χ1) is 6.35. The first-order valence-electron chi connectivity index (χ1n) is 3.92. The Morgan fingerprint density at radius 3 is 2.57 bits per heavy atom. The number of hydrogen-bond donors (Lipinski definition) is 1. The van der Waals surface area contributed by atoms with E-state index in [1.54, 1.807) is 0 Å². The summed E-state index contributed by atoms with van der Waals surface area (Å²) in [6, 6.07) is -0.768. The third-order valence-corrected chi connectivity index (χ3v) is 1.34. The van der Waals surface area contributed by atoms with E-state index in [0.29, 0.717) is 0 Å². The van der Waals surface area contributed by atoms with Crippen LogP contribution in [0.25, 0.3) is 0 Å². The molecule has 0 rings (SSSR count). The van der Waals surface area contributed by atoms with Crippen LogP contribution in [0.1, 0.15) is 13.3 Å². The zero-order valence-electron chi connectivity index (χ0n) is 7.89. The summed E-state index contributed by atoms with van der Waals surface area (Å²) in [6.07, 6.45) is -2.99. The van der Waals surface area contributed by atoms with Crippen LogP contribution in [0.3, 0.4) is 0 Å². The van der Waals surface area contributed by atoms with E-state index in [0.717, 1.165) is 12.3 Å². The van der Waals surface area contributed by atoms with Gasteiger partial charge in [-0.2, -0.15) is 13.2 Å². The van der Waals surface area contributed by atoms with Crippen LogP contribution in [0.5, 0.6) is 0 Å². The molecule has 0 radical (unpaired) electrons. The quantitative estimate of drug-likeness (QED) is 0.567. The Labute approximate surface area is 79.9 Å². The average molecular weight is 211 g/mol. The fourth-order valence-corrected chi connectivity index (χ4v) is 0.755. The second-order valence-corrected chi connectivity index (χ2v) is 2.74. The third kappa shape index (κ3) is 7.45. The van der Waals surface area contributed by atoms with E-state index in [4.69, 9.17) is 0 Å². The standard InChI is InChI=1S/C8H12F3NO2/c1-6(5-8(9,10)11)12-4-3-7(13)14-2/h3-4,6,12H,5H2,1-2H3/b4-3+. The number of rotatable bonds is 4. The van der Waals surface area contributed by atoms with Crippen molar-refractivity contribution >= 4 is 5.97 Å². The van der Waals surface area contributed by atoms with E-state index < -0.39 is 24.6 Å². The Kier molecular flexibility index (Phi) is 5.04. The molecule has 3 nitrogen and oxygen atoms in total. The molecule has 1 N–H and O–H groups in total. The summed E-state index contributed by atoms with van der Waals surface area (Å²) < 4.78 is 39.7. The summed E-state index contributed by atoms with van der Waals surface area (Å²) in [5, 5.41) is 2.40. The molecule has 0 amide bonds. The molecule has 82 valence electrons.